The fourth-order valence-corrected chi connectivity index (χ4v) is 7.09. The molecule has 0 bridgehead atoms. The number of rotatable bonds is 4. The summed E-state index contributed by atoms with van der Waals surface area (Å²) in [5, 5.41) is 22.1. The number of hydrogen-bond donors (Lipinski definition) is 3. The molecule has 1 aromatic rings. The molecule has 2 unspecified atom stereocenters. The fourth-order valence-electron chi connectivity index (χ4n) is 7.09. The molecule has 1 aromatic carbocycles. The van der Waals surface area contributed by atoms with E-state index in [-0.39, 0.29) is 23.7 Å². The Hall–Kier alpha value is -3.40. The van der Waals surface area contributed by atoms with E-state index in [0.29, 0.717) is 5.56 Å². The van der Waals surface area contributed by atoms with Gasteiger partial charge in [0.1, 0.15) is 11.9 Å². The normalized spacial score (nSPS) is 35.5. The highest BCUT2D eigenvalue weighted by atomic mass is 16.5. The van der Waals surface area contributed by atoms with Crippen LogP contribution in [0, 0.1) is 29.6 Å². The van der Waals surface area contributed by atoms with E-state index in [1.165, 1.54) is 6.07 Å². The standard InChI is InChI=1S/C27H29NO9/c1-11-13-7-4-8-15(29)19(13)22(32)21-18(11)23(37-17(31)9-12-5-2-3-6-12)14-10-16(30)20(26(28)35)24(33)27(14,36)25(21)34/h4,7-8,11-12,14,18,20-21,23,29,36H,2-3,5-6,9-10H2,1H3,(H2,28,35)/t11-,14+,18+,20?,21?,23+,27+/m0/s1. The Balaban J connectivity index is 1.63. The number of benzene rings is 1. The zero-order chi connectivity index (χ0) is 26.8. The Morgan fingerprint density at radius 3 is 2.43 bits per heavy atom. The number of ketones is 4. The third kappa shape index (κ3) is 3.64. The van der Waals surface area contributed by atoms with Crippen molar-refractivity contribution in [2.24, 2.45) is 35.3 Å². The lowest BCUT2D eigenvalue weighted by Crippen LogP contribution is -2.73. The monoisotopic (exact) mass is 511 g/mol. The zero-order valence-electron chi connectivity index (χ0n) is 20.3. The van der Waals surface area contributed by atoms with Crippen molar-refractivity contribution < 1.29 is 43.7 Å². The molecule has 1 amide bonds. The minimum atomic E-state index is -2.93. The van der Waals surface area contributed by atoms with E-state index in [0.717, 1.165) is 25.7 Å². The van der Waals surface area contributed by atoms with Crippen molar-refractivity contribution in [3.8, 4) is 5.75 Å². The average molecular weight is 512 g/mol. The van der Waals surface area contributed by atoms with Crippen LogP contribution in [0.1, 0.15) is 67.3 Å². The molecule has 0 radical (unpaired) electrons. The molecule has 196 valence electrons. The number of esters is 1. The number of ether oxygens (including phenoxy) is 1. The van der Waals surface area contributed by atoms with Gasteiger partial charge in [0.05, 0.1) is 11.5 Å². The van der Waals surface area contributed by atoms with E-state index in [1.54, 1.807) is 19.1 Å². The fraction of sp³-hybridized carbons (Fsp3) is 0.556. The first-order valence-corrected chi connectivity index (χ1v) is 12.7. The summed E-state index contributed by atoms with van der Waals surface area (Å²) in [6, 6.07) is 4.46. The van der Waals surface area contributed by atoms with Gasteiger partial charge in [-0.3, -0.25) is 28.8 Å². The van der Waals surface area contributed by atoms with Crippen molar-refractivity contribution in [2.75, 3.05) is 0 Å². The van der Waals surface area contributed by atoms with Gasteiger partial charge in [0, 0.05) is 24.7 Å². The number of carbonyl (C=O) groups is 6. The molecule has 10 heteroatoms. The van der Waals surface area contributed by atoms with Crippen LogP contribution in [0.5, 0.6) is 5.75 Å². The molecular formula is C27H29NO9. The van der Waals surface area contributed by atoms with Crippen LogP contribution in [0.2, 0.25) is 0 Å². The van der Waals surface area contributed by atoms with Gasteiger partial charge in [0.15, 0.2) is 34.7 Å². The molecule has 7 atom stereocenters. The topological polar surface area (TPSA) is 178 Å². The largest absolute Gasteiger partial charge is 0.507 e. The van der Waals surface area contributed by atoms with E-state index in [4.69, 9.17) is 10.5 Å². The van der Waals surface area contributed by atoms with Crippen LogP contribution in [0.15, 0.2) is 18.2 Å². The van der Waals surface area contributed by atoms with Gasteiger partial charge in [-0.15, -0.1) is 0 Å². The Morgan fingerprint density at radius 1 is 1.11 bits per heavy atom. The van der Waals surface area contributed by atoms with Crippen molar-refractivity contribution in [1.82, 2.24) is 0 Å². The average Bonchev–Trinajstić information content (AvgIpc) is 3.34. The summed E-state index contributed by atoms with van der Waals surface area (Å²) in [6.07, 6.45) is 1.86. The maximum absolute atomic E-state index is 13.8. The first-order chi connectivity index (χ1) is 17.5. The van der Waals surface area contributed by atoms with Crippen LogP contribution in [-0.2, 0) is 28.7 Å². The van der Waals surface area contributed by atoms with Crippen LogP contribution >= 0.6 is 0 Å². The quantitative estimate of drug-likeness (QED) is 0.393. The molecule has 4 aliphatic rings. The molecule has 0 aliphatic heterocycles. The maximum Gasteiger partial charge on any atom is 0.306 e. The van der Waals surface area contributed by atoms with E-state index in [9.17, 15) is 39.0 Å². The van der Waals surface area contributed by atoms with Gasteiger partial charge >= 0.3 is 5.97 Å². The molecule has 4 aliphatic carbocycles. The highest BCUT2D eigenvalue weighted by molar-refractivity contribution is 6.31. The second-order valence-corrected chi connectivity index (χ2v) is 10.9. The number of phenolic OH excluding ortho intramolecular Hbond substituents is 1. The number of hydrogen-bond acceptors (Lipinski definition) is 9. The summed E-state index contributed by atoms with van der Waals surface area (Å²) in [5.74, 6) is -13.2. The Labute approximate surface area is 212 Å². The molecule has 37 heavy (non-hydrogen) atoms. The van der Waals surface area contributed by atoms with Gasteiger partial charge in [0.25, 0.3) is 0 Å². The van der Waals surface area contributed by atoms with Crippen molar-refractivity contribution in [1.29, 1.82) is 0 Å². The Bertz CT molecular complexity index is 1230. The predicted molar refractivity (Wildman–Crippen MR) is 125 cm³/mol. The second-order valence-electron chi connectivity index (χ2n) is 10.9. The number of nitrogens with two attached hydrogens (primary N) is 1. The van der Waals surface area contributed by atoms with Crippen LogP contribution in [0.3, 0.4) is 0 Å². The third-order valence-electron chi connectivity index (χ3n) is 8.89. The molecule has 0 spiro atoms. The number of aliphatic hydroxyl groups is 1. The number of phenols is 1. The van der Waals surface area contributed by atoms with Gasteiger partial charge < -0.3 is 20.7 Å². The maximum atomic E-state index is 13.8. The summed E-state index contributed by atoms with van der Waals surface area (Å²) in [7, 11) is 0. The van der Waals surface area contributed by atoms with E-state index < -0.39 is 82.7 Å². The predicted octanol–water partition coefficient (Wildman–Crippen LogP) is 0.990. The minimum absolute atomic E-state index is 0.0957. The summed E-state index contributed by atoms with van der Waals surface area (Å²) in [5.41, 5.74) is 2.66. The zero-order valence-corrected chi connectivity index (χ0v) is 20.3. The van der Waals surface area contributed by atoms with E-state index >= 15 is 0 Å². The van der Waals surface area contributed by atoms with Crippen molar-refractivity contribution in [2.45, 2.75) is 63.1 Å². The Morgan fingerprint density at radius 2 is 1.78 bits per heavy atom. The number of primary amides is 1. The SMILES string of the molecule is C[C@H]1c2cccc(O)c2C(=O)C2C(=O)[C@]3(O)C(=O)C(C(N)=O)C(=O)C[C@@H]3[C@@H](OC(=O)CC3CCCC3)[C@@H]21. The highest BCUT2D eigenvalue weighted by Crippen LogP contribution is 2.54. The Kier molecular flexibility index (Phi) is 6.05. The molecule has 0 aromatic heterocycles. The third-order valence-corrected chi connectivity index (χ3v) is 8.89. The molecular weight excluding hydrogens is 482 g/mol. The summed E-state index contributed by atoms with van der Waals surface area (Å²) in [6.45, 7) is 1.70. The van der Waals surface area contributed by atoms with Crippen LogP contribution in [0.4, 0.5) is 0 Å². The van der Waals surface area contributed by atoms with E-state index in [1.807, 2.05) is 0 Å². The van der Waals surface area contributed by atoms with Gasteiger partial charge in [-0.2, -0.15) is 0 Å². The van der Waals surface area contributed by atoms with Gasteiger partial charge in [-0.05, 0) is 36.3 Å². The van der Waals surface area contributed by atoms with Gasteiger partial charge in [-0.1, -0.05) is 31.9 Å². The lowest BCUT2D eigenvalue weighted by atomic mass is 9.50. The molecule has 3 fully saturated rings. The number of aromatic hydroxyl groups is 1. The first kappa shape index (κ1) is 25.3. The minimum Gasteiger partial charge on any atom is -0.507 e. The van der Waals surface area contributed by atoms with Crippen molar-refractivity contribution in [3.05, 3.63) is 29.3 Å². The van der Waals surface area contributed by atoms with Crippen LogP contribution in [0.25, 0.3) is 0 Å². The summed E-state index contributed by atoms with van der Waals surface area (Å²) >= 11 is 0. The summed E-state index contributed by atoms with van der Waals surface area (Å²) < 4.78 is 5.88. The molecule has 10 nitrogen and oxygen atoms in total. The lowest BCUT2D eigenvalue weighted by Gasteiger charge is -2.53. The molecule has 0 heterocycles. The molecule has 3 saturated carbocycles. The number of amides is 1. The van der Waals surface area contributed by atoms with Crippen LogP contribution in [-0.4, -0.2) is 56.9 Å². The smallest absolute Gasteiger partial charge is 0.306 e. The van der Waals surface area contributed by atoms with Gasteiger partial charge in [-0.25, -0.2) is 0 Å². The molecule has 0 saturated heterocycles. The number of Topliss-reactive ketones (excluding diaryl/α,β-unsaturated/α-hetero) is 4. The van der Waals surface area contributed by atoms with Crippen LogP contribution < -0.4 is 5.73 Å². The lowest BCUT2D eigenvalue weighted by molar-refractivity contribution is -0.199. The van der Waals surface area contributed by atoms with E-state index in [2.05, 4.69) is 0 Å². The number of fused-ring (bicyclic) bond motifs is 3. The highest BCUT2D eigenvalue weighted by Gasteiger charge is 2.71. The second kappa shape index (κ2) is 8.86. The first-order valence-electron chi connectivity index (χ1n) is 12.7. The number of carbonyl (C=O) groups excluding carboxylic acids is 6. The summed E-state index contributed by atoms with van der Waals surface area (Å²) in [4.78, 5) is 78.6. The van der Waals surface area contributed by atoms with Crippen molar-refractivity contribution in [3.63, 3.8) is 0 Å². The molecule has 5 rings (SSSR count). The van der Waals surface area contributed by atoms with Gasteiger partial charge in [0.2, 0.25) is 5.91 Å². The molecule has 4 N–H and O–H groups in total. The van der Waals surface area contributed by atoms with Crippen molar-refractivity contribution >= 4 is 35.0 Å².